The van der Waals surface area contributed by atoms with E-state index >= 15 is 0 Å². The van der Waals surface area contributed by atoms with E-state index in [0.29, 0.717) is 0 Å². The summed E-state index contributed by atoms with van der Waals surface area (Å²) < 4.78 is 2.08. The Hall–Kier alpha value is -1.25. The molecule has 0 aromatic carbocycles. The highest BCUT2D eigenvalue weighted by Gasteiger charge is 2.02. The van der Waals surface area contributed by atoms with Crippen molar-refractivity contribution in [3.63, 3.8) is 0 Å². The Morgan fingerprint density at radius 1 is 1.64 bits per heavy atom. The summed E-state index contributed by atoms with van der Waals surface area (Å²) >= 11 is 0. The number of nitrogens with one attached hydrogen (secondary N) is 1. The Morgan fingerprint density at radius 2 is 2.43 bits per heavy atom. The lowest BCUT2D eigenvalue weighted by Gasteiger charge is -2.06. The second-order valence-electron chi connectivity index (χ2n) is 3.43. The number of aromatic nitrogens is 2. The number of unbranched alkanes of at least 4 members (excludes halogenated alkanes) is 1. The van der Waals surface area contributed by atoms with Gasteiger partial charge >= 0.3 is 0 Å². The molecule has 78 valence electrons. The van der Waals surface area contributed by atoms with Gasteiger partial charge in [0.25, 0.3) is 0 Å². The Kier molecular flexibility index (Phi) is 4.23. The smallest absolute Gasteiger partial charge is 0.203 e. The molecular formula is C11H19N3. The zero-order valence-electron chi connectivity index (χ0n) is 9.08. The number of aryl methyl sites for hydroxylation is 1. The summed E-state index contributed by atoms with van der Waals surface area (Å²) in [7, 11) is 0. The number of nitrogens with zero attached hydrogens (tertiary/aromatic N) is 2. The summed E-state index contributed by atoms with van der Waals surface area (Å²) in [5.74, 6) is 0.954. The molecule has 0 saturated heterocycles. The van der Waals surface area contributed by atoms with E-state index in [0.717, 1.165) is 24.7 Å². The molecule has 0 fully saturated rings. The van der Waals surface area contributed by atoms with E-state index in [2.05, 4.69) is 28.4 Å². The van der Waals surface area contributed by atoms with Crippen LogP contribution in [0.4, 0.5) is 5.95 Å². The fourth-order valence-electron chi connectivity index (χ4n) is 1.34. The summed E-state index contributed by atoms with van der Waals surface area (Å²) in [5, 5.41) is 3.32. The molecule has 0 bridgehead atoms. The highest BCUT2D eigenvalue weighted by Crippen LogP contribution is 2.08. The maximum Gasteiger partial charge on any atom is 0.203 e. The van der Waals surface area contributed by atoms with Crippen molar-refractivity contribution in [2.24, 2.45) is 0 Å². The predicted octanol–water partition coefficient (Wildman–Crippen LogP) is 2.59. The summed E-state index contributed by atoms with van der Waals surface area (Å²) in [4.78, 5) is 4.41. The first-order chi connectivity index (χ1) is 6.77. The zero-order chi connectivity index (χ0) is 10.4. The molecule has 3 nitrogen and oxygen atoms in total. The fourth-order valence-corrected chi connectivity index (χ4v) is 1.34. The van der Waals surface area contributed by atoms with Crippen molar-refractivity contribution < 1.29 is 0 Å². The molecular weight excluding hydrogens is 174 g/mol. The van der Waals surface area contributed by atoms with Gasteiger partial charge in [0.05, 0.1) is 5.69 Å². The Balaban J connectivity index is 2.59. The minimum Gasteiger partial charge on any atom is -0.356 e. The molecule has 0 saturated carbocycles. The van der Waals surface area contributed by atoms with Crippen molar-refractivity contribution in [2.75, 3.05) is 11.9 Å². The largest absolute Gasteiger partial charge is 0.356 e. The van der Waals surface area contributed by atoms with Crippen LogP contribution in [0.3, 0.4) is 0 Å². The second kappa shape index (κ2) is 5.47. The first kappa shape index (κ1) is 10.8. The van der Waals surface area contributed by atoms with E-state index in [1.807, 2.05) is 19.2 Å². The summed E-state index contributed by atoms with van der Waals surface area (Å²) in [6, 6.07) is 0. The molecule has 0 radical (unpaired) electrons. The monoisotopic (exact) mass is 193 g/mol. The summed E-state index contributed by atoms with van der Waals surface area (Å²) in [5.41, 5.74) is 1.05. The van der Waals surface area contributed by atoms with Crippen LogP contribution in [0, 0.1) is 6.92 Å². The van der Waals surface area contributed by atoms with Gasteiger partial charge in [-0.2, -0.15) is 0 Å². The lowest BCUT2D eigenvalue weighted by molar-refractivity contribution is 0.788. The number of anilines is 1. The first-order valence-corrected chi connectivity index (χ1v) is 5.16. The number of hydrogen-bond donors (Lipinski definition) is 1. The number of rotatable bonds is 6. The molecule has 1 rings (SSSR count). The van der Waals surface area contributed by atoms with Gasteiger partial charge in [-0.05, 0) is 13.3 Å². The van der Waals surface area contributed by atoms with Crippen LogP contribution in [0.2, 0.25) is 0 Å². The summed E-state index contributed by atoms with van der Waals surface area (Å²) in [6.07, 6.45) is 6.30. The number of allylic oxidation sites excluding steroid dienone is 1. The van der Waals surface area contributed by atoms with Crippen molar-refractivity contribution in [3.8, 4) is 0 Å². The Bertz CT molecular complexity index is 289. The molecule has 0 atom stereocenters. The van der Waals surface area contributed by atoms with Gasteiger partial charge in [-0.1, -0.05) is 19.4 Å². The minimum atomic E-state index is 0.815. The molecule has 0 unspecified atom stereocenters. The molecule has 0 aliphatic carbocycles. The van der Waals surface area contributed by atoms with Gasteiger partial charge in [-0.15, -0.1) is 6.58 Å². The third-order valence-electron chi connectivity index (χ3n) is 2.04. The van der Waals surface area contributed by atoms with E-state index in [4.69, 9.17) is 0 Å². The number of hydrogen-bond acceptors (Lipinski definition) is 2. The molecule has 3 heteroatoms. The van der Waals surface area contributed by atoms with E-state index in [1.165, 1.54) is 12.8 Å². The molecule has 1 aromatic rings. The SMILES string of the molecule is C=CCn1cc(C)nc1NCCCC. The van der Waals surface area contributed by atoms with Crippen LogP contribution in [0.5, 0.6) is 0 Å². The van der Waals surface area contributed by atoms with Gasteiger partial charge in [0.1, 0.15) is 0 Å². The van der Waals surface area contributed by atoms with Crippen LogP contribution in [-0.2, 0) is 6.54 Å². The van der Waals surface area contributed by atoms with Gasteiger partial charge < -0.3 is 9.88 Å². The van der Waals surface area contributed by atoms with Gasteiger partial charge in [-0.3, -0.25) is 0 Å². The average molecular weight is 193 g/mol. The second-order valence-corrected chi connectivity index (χ2v) is 3.43. The van der Waals surface area contributed by atoms with Crippen LogP contribution >= 0.6 is 0 Å². The van der Waals surface area contributed by atoms with Gasteiger partial charge in [0, 0.05) is 19.3 Å². The van der Waals surface area contributed by atoms with Gasteiger partial charge in [0.15, 0.2) is 0 Å². The third-order valence-corrected chi connectivity index (χ3v) is 2.04. The van der Waals surface area contributed by atoms with E-state index in [9.17, 15) is 0 Å². The van der Waals surface area contributed by atoms with Crippen LogP contribution < -0.4 is 5.32 Å². The highest BCUT2D eigenvalue weighted by atomic mass is 15.2. The fraction of sp³-hybridized carbons (Fsp3) is 0.545. The maximum absolute atomic E-state index is 4.41. The van der Waals surface area contributed by atoms with E-state index in [1.54, 1.807) is 0 Å². The predicted molar refractivity (Wildman–Crippen MR) is 60.6 cm³/mol. The average Bonchev–Trinajstić information content (AvgIpc) is 2.48. The Labute approximate surface area is 85.8 Å². The van der Waals surface area contributed by atoms with Crippen LogP contribution in [0.1, 0.15) is 25.5 Å². The van der Waals surface area contributed by atoms with Crippen molar-refractivity contribution in [3.05, 3.63) is 24.5 Å². The highest BCUT2D eigenvalue weighted by molar-refractivity contribution is 5.28. The van der Waals surface area contributed by atoms with Crippen LogP contribution in [0.15, 0.2) is 18.9 Å². The third kappa shape index (κ3) is 2.91. The Morgan fingerprint density at radius 3 is 3.07 bits per heavy atom. The maximum atomic E-state index is 4.41. The van der Waals surface area contributed by atoms with Crippen molar-refractivity contribution in [2.45, 2.75) is 33.2 Å². The van der Waals surface area contributed by atoms with Gasteiger partial charge in [-0.25, -0.2) is 4.98 Å². The van der Waals surface area contributed by atoms with Crippen molar-refractivity contribution in [1.82, 2.24) is 9.55 Å². The number of imidazole rings is 1. The quantitative estimate of drug-likeness (QED) is 0.556. The molecule has 0 spiro atoms. The molecule has 14 heavy (non-hydrogen) atoms. The minimum absolute atomic E-state index is 0.815. The van der Waals surface area contributed by atoms with E-state index in [-0.39, 0.29) is 0 Å². The molecule has 1 aromatic heterocycles. The topological polar surface area (TPSA) is 29.9 Å². The molecule has 0 aliphatic rings. The van der Waals surface area contributed by atoms with Crippen LogP contribution in [0.25, 0.3) is 0 Å². The molecule has 1 heterocycles. The van der Waals surface area contributed by atoms with Gasteiger partial charge in [0.2, 0.25) is 5.95 Å². The standard InChI is InChI=1S/C11H19N3/c1-4-6-7-12-11-13-10(3)9-14(11)8-5-2/h5,9H,2,4,6-8H2,1,3H3,(H,12,13). The summed E-state index contributed by atoms with van der Waals surface area (Å²) in [6.45, 7) is 9.72. The lowest BCUT2D eigenvalue weighted by Crippen LogP contribution is -2.07. The first-order valence-electron chi connectivity index (χ1n) is 5.16. The van der Waals surface area contributed by atoms with E-state index < -0.39 is 0 Å². The van der Waals surface area contributed by atoms with Crippen molar-refractivity contribution in [1.29, 1.82) is 0 Å². The lowest BCUT2D eigenvalue weighted by atomic mass is 10.3. The van der Waals surface area contributed by atoms with Crippen molar-refractivity contribution >= 4 is 5.95 Å². The molecule has 0 aliphatic heterocycles. The molecule has 1 N–H and O–H groups in total. The zero-order valence-corrected chi connectivity index (χ0v) is 9.08. The normalized spacial score (nSPS) is 10.1. The van der Waals surface area contributed by atoms with Crippen LogP contribution in [-0.4, -0.2) is 16.1 Å². The molecule has 0 amide bonds.